The zero-order chi connectivity index (χ0) is 20.4. The number of quaternary nitrogens is 1. The molecule has 0 unspecified atom stereocenters. The van der Waals surface area contributed by atoms with Crippen LogP contribution < -0.4 is 22.5 Å². The van der Waals surface area contributed by atoms with Gasteiger partial charge in [0, 0.05) is 5.69 Å². The Kier molecular flexibility index (Phi) is 10.7. The number of hydrogen-bond donors (Lipinski definition) is 1. The Morgan fingerprint density at radius 2 is 1.52 bits per heavy atom. The van der Waals surface area contributed by atoms with Crippen LogP contribution in [0, 0.1) is 0 Å². The minimum atomic E-state index is -0.244. The first-order valence-electron chi connectivity index (χ1n) is 9.27. The molecule has 0 saturated carbocycles. The van der Waals surface area contributed by atoms with E-state index >= 15 is 0 Å². The Balaban J connectivity index is 0.00000420. The zero-order valence-corrected chi connectivity index (χ0v) is 18.6. The monoisotopic (exact) mass is 438 g/mol. The van der Waals surface area contributed by atoms with Crippen LogP contribution in [-0.4, -0.2) is 50.6 Å². The van der Waals surface area contributed by atoms with Crippen LogP contribution in [0.15, 0.2) is 58.8 Å². The molecule has 0 bridgehead atoms. The van der Waals surface area contributed by atoms with Crippen molar-refractivity contribution in [2.24, 2.45) is 10.2 Å². The summed E-state index contributed by atoms with van der Waals surface area (Å²) in [4.78, 5) is 11.2. The lowest BCUT2D eigenvalue weighted by Crippen LogP contribution is -3.00. The smallest absolute Gasteiger partial charge is 0.239 e. The summed E-state index contributed by atoms with van der Waals surface area (Å²) in [5, 5.41) is 11.1. The fraction of sp³-hybridized carbons (Fsp3) is 0.381. The summed E-state index contributed by atoms with van der Waals surface area (Å²) in [7, 11) is 6.59. The second-order valence-electron chi connectivity index (χ2n) is 7.49. The van der Waals surface area contributed by atoms with Crippen LogP contribution in [0.5, 0.6) is 5.75 Å². The van der Waals surface area contributed by atoms with Gasteiger partial charge in [-0.05, 0) is 61.4 Å². The van der Waals surface area contributed by atoms with E-state index in [4.69, 9.17) is 16.3 Å². The second kappa shape index (κ2) is 12.4. The maximum Gasteiger partial charge on any atom is 0.239 e. The van der Waals surface area contributed by atoms with Gasteiger partial charge in [0.25, 0.3) is 0 Å². The van der Waals surface area contributed by atoms with E-state index in [1.807, 2.05) is 24.3 Å². The minimum absolute atomic E-state index is 0. The number of ether oxygens (including phenoxy) is 1. The highest BCUT2D eigenvalue weighted by atomic mass is 35.5. The molecule has 0 radical (unpaired) electrons. The summed E-state index contributed by atoms with van der Waals surface area (Å²) in [6, 6.07) is 14.6. The van der Waals surface area contributed by atoms with Gasteiger partial charge < -0.3 is 26.9 Å². The molecule has 2 aromatic rings. The molecule has 0 aliphatic heterocycles. The first-order chi connectivity index (χ1) is 13.4. The number of hydrogen-bond acceptors (Lipinski definition) is 4. The standard InChI is InChI=1S/C21H27ClN4O2.ClH/c1-26(2,3)14-4-5-15-28-20-12-10-19(11-13-20)25-24-18-8-6-17(7-9-18)23-21(27)16-22;/h6-13H,4-5,14-16H2,1-3H3;1H. The zero-order valence-electron chi connectivity index (χ0n) is 17.1. The van der Waals surface area contributed by atoms with Crippen LogP contribution in [0.3, 0.4) is 0 Å². The van der Waals surface area contributed by atoms with Gasteiger partial charge in [-0.25, -0.2) is 0 Å². The van der Waals surface area contributed by atoms with Gasteiger partial charge in [-0.15, -0.1) is 11.6 Å². The Hall–Kier alpha value is -2.15. The number of halogens is 2. The molecule has 1 N–H and O–H groups in total. The van der Waals surface area contributed by atoms with Crippen LogP contribution in [0.1, 0.15) is 12.8 Å². The van der Waals surface area contributed by atoms with E-state index in [0.717, 1.165) is 35.3 Å². The van der Waals surface area contributed by atoms with E-state index in [-0.39, 0.29) is 24.2 Å². The van der Waals surface area contributed by atoms with Crippen molar-refractivity contribution in [2.45, 2.75) is 12.8 Å². The molecule has 6 nitrogen and oxygen atoms in total. The SMILES string of the molecule is C[N+](C)(C)CCCCOc1ccc(N=Nc2ccc(NC(=O)CCl)cc2)cc1.[Cl-]. The van der Waals surface area contributed by atoms with Crippen molar-refractivity contribution in [3.05, 3.63) is 48.5 Å². The summed E-state index contributed by atoms with van der Waals surface area (Å²) in [5.74, 6) is 0.521. The van der Waals surface area contributed by atoms with Crippen molar-refractivity contribution in [3.8, 4) is 5.75 Å². The number of benzene rings is 2. The topological polar surface area (TPSA) is 63.1 Å². The number of azo groups is 1. The number of anilines is 1. The van der Waals surface area contributed by atoms with Gasteiger partial charge >= 0.3 is 0 Å². The van der Waals surface area contributed by atoms with E-state index in [9.17, 15) is 4.79 Å². The molecular weight excluding hydrogens is 411 g/mol. The summed E-state index contributed by atoms with van der Waals surface area (Å²) >= 11 is 5.46. The van der Waals surface area contributed by atoms with Gasteiger partial charge in [0.15, 0.2) is 0 Å². The first kappa shape index (κ1) is 24.9. The van der Waals surface area contributed by atoms with Crippen LogP contribution in [-0.2, 0) is 4.79 Å². The molecule has 2 aromatic carbocycles. The maximum atomic E-state index is 11.2. The lowest BCUT2D eigenvalue weighted by molar-refractivity contribution is -0.870. The molecule has 158 valence electrons. The molecule has 0 aromatic heterocycles. The highest BCUT2D eigenvalue weighted by Gasteiger charge is 2.05. The summed E-state index contributed by atoms with van der Waals surface area (Å²) < 4.78 is 6.75. The number of rotatable bonds is 10. The highest BCUT2D eigenvalue weighted by molar-refractivity contribution is 6.29. The highest BCUT2D eigenvalue weighted by Crippen LogP contribution is 2.22. The second-order valence-corrected chi connectivity index (χ2v) is 7.76. The lowest BCUT2D eigenvalue weighted by Gasteiger charge is -2.23. The fourth-order valence-corrected chi connectivity index (χ4v) is 2.48. The predicted octanol–water partition coefficient (Wildman–Crippen LogP) is 2.15. The third kappa shape index (κ3) is 10.3. The van der Waals surface area contributed by atoms with Crippen molar-refractivity contribution in [2.75, 3.05) is 45.5 Å². The van der Waals surface area contributed by atoms with Crippen molar-refractivity contribution >= 4 is 34.6 Å². The van der Waals surface area contributed by atoms with Crippen molar-refractivity contribution in [1.29, 1.82) is 0 Å². The average Bonchev–Trinajstić information content (AvgIpc) is 2.67. The number of alkyl halides is 1. The van der Waals surface area contributed by atoms with Gasteiger partial charge in [0.2, 0.25) is 5.91 Å². The Labute approximate surface area is 183 Å². The fourth-order valence-electron chi connectivity index (χ4n) is 2.41. The molecule has 2 rings (SSSR count). The number of nitrogens with one attached hydrogen (secondary N) is 1. The normalized spacial score (nSPS) is 11.2. The van der Waals surface area contributed by atoms with Gasteiger partial charge in [-0.3, -0.25) is 4.79 Å². The largest absolute Gasteiger partial charge is 1.00 e. The van der Waals surface area contributed by atoms with Crippen LogP contribution >= 0.6 is 11.6 Å². The van der Waals surface area contributed by atoms with Crippen LogP contribution in [0.2, 0.25) is 0 Å². The molecule has 8 heteroatoms. The van der Waals surface area contributed by atoms with E-state index in [1.54, 1.807) is 24.3 Å². The van der Waals surface area contributed by atoms with Crippen molar-refractivity contribution < 1.29 is 26.4 Å². The number of unbranched alkanes of at least 4 members (excludes halogenated alkanes) is 1. The van der Waals surface area contributed by atoms with E-state index in [0.29, 0.717) is 18.0 Å². The number of carbonyl (C=O) groups is 1. The minimum Gasteiger partial charge on any atom is -1.00 e. The first-order valence-corrected chi connectivity index (χ1v) is 9.80. The number of nitrogens with zero attached hydrogens (tertiary/aromatic N) is 3. The molecule has 0 heterocycles. The summed E-state index contributed by atoms with van der Waals surface area (Å²) in [6.07, 6.45) is 2.18. The molecule has 1 amide bonds. The molecular formula is C21H28Cl2N4O2. The predicted molar refractivity (Wildman–Crippen MR) is 114 cm³/mol. The van der Waals surface area contributed by atoms with Gasteiger partial charge in [0.05, 0.1) is 45.7 Å². The molecule has 0 spiro atoms. The van der Waals surface area contributed by atoms with Crippen molar-refractivity contribution in [3.63, 3.8) is 0 Å². The number of carbonyl (C=O) groups excluding carboxylic acids is 1. The molecule has 0 aliphatic carbocycles. The Morgan fingerprint density at radius 3 is 2.03 bits per heavy atom. The quantitative estimate of drug-likeness (QED) is 0.267. The van der Waals surface area contributed by atoms with E-state index in [1.165, 1.54) is 0 Å². The maximum absolute atomic E-state index is 11.2. The Bertz CT molecular complexity index is 773. The van der Waals surface area contributed by atoms with Gasteiger partial charge in [-0.2, -0.15) is 10.2 Å². The third-order valence-corrected chi connectivity index (χ3v) is 4.12. The third-order valence-electron chi connectivity index (χ3n) is 3.88. The van der Waals surface area contributed by atoms with Gasteiger partial charge in [-0.1, -0.05) is 0 Å². The van der Waals surface area contributed by atoms with Crippen LogP contribution in [0.25, 0.3) is 0 Å². The summed E-state index contributed by atoms with van der Waals surface area (Å²) in [6.45, 7) is 1.86. The van der Waals surface area contributed by atoms with Gasteiger partial charge in [0.1, 0.15) is 11.6 Å². The Morgan fingerprint density at radius 1 is 0.966 bits per heavy atom. The van der Waals surface area contributed by atoms with E-state index < -0.39 is 0 Å². The average molecular weight is 439 g/mol. The lowest BCUT2D eigenvalue weighted by atomic mass is 10.3. The molecule has 0 saturated heterocycles. The number of amides is 1. The molecule has 0 fully saturated rings. The van der Waals surface area contributed by atoms with Crippen molar-refractivity contribution in [1.82, 2.24) is 0 Å². The molecule has 29 heavy (non-hydrogen) atoms. The molecule has 0 atom stereocenters. The summed E-state index contributed by atoms with van der Waals surface area (Å²) in [5.41, 5.74) is 2.12. The van der Waals surface area contributed by atoms with E-state index in [2.05, 4.69) is 36.7 Å². The van der Waals surface area contributed by atoms with Crippen LogP contribution in [0.4, 0.5) is 17.1 Å². The molecule has 0 aliphatic rings.